The molecule has 0 N–H and O–H groups in total. The van der Waals surface area contributed by atoms with Crippen molar-refractivity contribution in [2.24, 2.45) is 11.8 Å². The first-order chi connectivity index (χ1) is 14.6. The molecule has 1 saturated heterocycles. The summed E-state index contributed by atoms with van der Waals surface area (Å²) >= 11 is 6.22. The van der Waals surface area contributed by atoms with Gasteiger partial charge in [0.2, 0.25) is 23.6 Å². The second kappa shape index (κ2) is 9.16. The molecule has 2 fully saturated rings. The molecule has 1 aromatic heterocycles. The third kappa shape index (κ3) is 4.67. The van der Waals surface area contributed by atoms with E-state index < -0.39 is 0 Å². The van der Waals surface area contributed by atoms with Gasteiger partial charge in [0.15, 0.2) is 0 Å². The predicted octanol–water partition coefficient (Wildman–Crippen LogP) is 3.78. The predicted molar refractivity (Wildman–Crippen MR) is 112 cm³/mol. The minimum Gasteiger partial charge on any atom is -0.419 e. The van der Waals surface area contributed by atoms with E-state index in [9.17, 15) is 9.59 Å². The van der Waals surface area contributed by atoms with Crippen LogP contribution >= 0.6 is 11.6 Å². The van der Waals surface area contributed by atoms with E-state index in [1.54, 1.807) is 11.0 Å². The maximum atomic E-state index is 13.3. The summed E-state index contributed by atoms with van der Waals surface area (Å²) < 4.78 is 5.80. The lowest BCUT2D eigenvalue weighted by molar-refractivity contribution is -0.142. The molecule has 1 aliphatic heterocycles. The first-order valence-corrected chi connectivity index (χ1v) is 11.1. The van der Waals surface area contributed by atoms with Crippen LogP contribution in [0.15, 0.2) is 28.7 Å². The van der Waals surface area contributed by atoms with Crippen LogP contribution in [0.25, 0.3) is 11.5 Å². The minimum absolute atomic E-state index is 0.0580. The fourth-order valence-electron chi connectivity index (χ4n) is 3.99. The van der Waals surface area contributed by atoms with Crippen LogP contribution in [0.2, 0.25) is 5.02 Å². The molecule has 30 heavy (non-hydrogen) atoms. The molecule has 160 valence electrons. The molecule has 8 heteroatoms. The quantitative estimate of drug-likeness (QED) is 0.667. The number of rotatable bonds is 7. The summed E-state index contributed by atoms with van der Waals surface area (Å²) in [6.07, 6.45) is 4.48. The molecule has 1 unspecified atom stereocenters. The molecule has 0 spiro atoms. The molecule has 2 aromatic rings. The van der Waals surface area contributed by atoms with E-state index >= 15 is 0 Å². The Balaban J connectivity index is 1.44. The average molecular weight is 431 g/mol. The first-order valence-electron chi connectivity index (χ1n) is 10.7. The summed E-state index contributed by atoms with van der Waals surface area (Å²) in [5.74, 6) is 1.02. The van der Waals surface area contributed by atoms with Gasteiger partial charge in [0.25, 0.3) is 0 Å². The lowest BCUT2D eigenvalue weighted by Crippen LogP contribution is -2.47. The van der Waals surface area contributed by atoms with E-state index in [0.717, 1.165) is 38.6 Å². The second-order valence-electron chi connectivity index (χ2n) is 8.14. The van der Waals surface area contributed by atoms with Crippen LogP contribution in [0.5, 0.6) is 0 Å². The number of carbonyl (C=O) groups is 2. The van der Waals surface area contributed by atoms with Gasteiger partial charge in [-0.05, 0) is 44.2 Å². The van der Waals surface area contributed by atoms with Crippen molar-refractivity contribution >= 4 is 23.4 Å². The molecule has 1 aromatic carbocycles. The van der Waals surface area contributed by atoms with Crippen LogP contribution in [0, 0.1) is 11.8 Å². The van der Waals surface area contributed by atoms with E-state index in [-0.39, 0.29) is 30.2 Å². The van der Waals surface area contributed by atoms with Crippen molar-refractivity contribution in [3.05, 3.63) is 35.2 Å². The molecule has 0 radical (unpaired) electrons. The van der Waals surface area contributed by atoms with Crippen LogP contribution in [-0.2, 0) is 16.1 Å². The Labute approximate surface area is 181 Å². The van der Waals surface area contributed by atoms with Crippen molar-refractivity contribution in [3.8, 4) is 11.5 Å². The number of likely N-dealkylation sites (tertiary alicyclic amines) is 1. The molecule has 2 aliphatic rings. The van der Waals surface area contributed by atoms with E-state index in [0.29, 0.717) is 35.5 Å². The molecule has 1 aliphatic carbocycles. The zero-order chi connectivity index (χ0) is 21.1. The zero-order valence-corrected chi connectivity index (χ0v) is 18.0. The number of benzene rings is 1. The van der Waals surface area contributed by atoms with Crippen molar-refractivity contribution in [3.63, 3.8) is 0 Å². The lowest BCUT2D eigenvalue weighted by atomic mass is 9.96. The smallest absolute Gasteiger partial charge is 0.249 e. The van der Waals surface area contributed by atoms with Gasteiger partial charge in [0.1, 0.15) is 0 Å². The highest BCUT2D eigenvalue weighted by atomic mass is 35.5. The van der Waals surface area contributed by atoms with Gasteiger partial charge >= 0.3 is 0 Å². The van der Waals surface area contributed by atoms with Crippen molar-refractivity contribution < 1.29 is 14.0 Å². The minimum atomic E-state index is -0.168. The number of carbonyl (C=O) groups excluding carboxylic acids is 2. The lowest BCUT2D eigenvalue weighted by Gasteiger charge is -2.34. The van der Waals surface area contributed by atoms with Crippen LogP contribution in [0.3, 0.4) is 0 Å². The molecule has 1 saturated carbocycles. The summed E-state index contributed by atoms with van der Waals surface area (Å²) in [6.45, 7) is 4.18. The summed E-state index contributed by atoms with van der Waals surface area (Å²) in [5, 5.41) is 8.76. The van der Waals surface area contributed by atoms with E-state index in [1.165, 1.54) is 0 Å². The number of aromatic nitrogens is 2. The molecule has 2 amide bonds. The molecular weight excluding hydrogens is 404 g/mol. The molecule has 7 nitrogen and oxygen atoms in total. The Morgan fingerprint density at radius 2 is 2.00 bits per heavy atom. The van der Waals surface area contributed by atoms with Crippen LogP contribution in [-0.4, -0.2) is 51.4 Å². The molecule has 4 rings (SSSR count). The SMILES string of the molecule is CCCN(Cc1nnc(-c2ccccc2Cl)o1)C(=O)C1CCCN(C(=O)C2CC2)C1. The maximum absolute atomic E-state index is 13.3. The molecule has 2 heterocycles. The monoisotopic (exact) mass is 430 g/mol. The van der Waals surface area contributed by atoms with Gasteiger partial charge in [0, 0.05) is 25.6 Å². The summed E-state index contributed by atoms with van der Waals surface area (Å²) in [7, 11) is 0. The van der Waals surface area contributed by atoms with Crippen LogP contribution < -0.4 is 0 Å². The van der Waals surface area contributed by atoms with Crippen LogP contribution in [0.1, 0.15) is 44.9 Å². The number of amides is 2. The highest BCUT2D eigenvalue weighted by molar-refractivity contribution is 6.33. The summed E-state index contributed by atoms with van der Waals surface area (Å²) in [4.78, 5) is 29.4. The second-order valence-corrected chi connectivity index (χ2v) is 8.55. The van der Waals surface area contributed by atoms with Gasteiger partial charge < -0.3 is 14.2 Å². The van der Waals surface area contributed by atoms with Gasteiger partial charge in [-0.25, -0.2) is 0 Å². The largest absolute Gasteiger partial charge is 0.419 e. The number of halogens is 1. The van der Waals surface area contributed by atoms with E-state index in [1.807, 2.05) is 30.0 Å². The van der Waals surface area contributed by atoms with Gasteiger partial charge in [-0.15, -0.1) is 10.2 Å². The van der Waals surface area contributed by atoms with E-state index in [4.69, 9.17) is 16.0 Å². The first kappa shape index (κ1) is 20.8. The Bertz CT molecular complexity index is 911. The summed E-state index contributed by atoms with van der Waals surface area (Å²) in [6, 6.07) is 7.29. The van der Waals surface area contributed by atoms with Gasteiger partial charge in [-0.3, -0.25) is 9.59 Å². The Hall–Kier alpha value is -2.41. The van der Waals surface area contributed by atoms with Gasteiger partial charge in [0.05, 0.1) is 23.0 Å². The Morgan fingerprint density at radius 1 is 1.20 bits per heavy atom. The fraction of sp³-hybridized carbons (Fsp3) is 0.545. The number of piperidine rings is 1. The highest BCUT2D eigenvalue weighted by Gasteiger charge is 2.37. The van der Waals surface area contributed by atoms with Crippen molar-refractivity contribution in [1.29, 1.82) is 0 Å². The van der Waals surface area contributed by atoms with Gasteiger partial charge in [-0.1, -0.05) is 30.7 Å². The third-order valence-electron chi connectivity index (χ3n) is 5.71. The van der Waals surface area contributed by atoms with E-state index in [2.05, 4.69) is 10.2 Å². The van der Waals surface area contributed by atoms with Crippen LogP contribution in [0.4, 0.5) is 0 Å². The molecule has 1 atom stereocenters. The number of hydrogen-bond donors (Lipinski definition) is 0. The fourth-order valence-corrected chi connectivity index (χ4v) is 4.20. The topological polar surface area (TPSA) is 79.5 Å². The van der Waals surface area contributed by atoms with Crippen molar-refractivity contribution in [2.45, 2.75) is 45.6 Å². The molecule has 0 bridgehead atoms. The Morgan fingerprint density at radius 3 is 2.73 bits per heavy atom. The average Bonchev–Trinajstić information content (AvgIpc) is 3.52. The number of nitrogens with zero attached hydrogens (tertiary/aromatic N) is 4. The van der Waals surface area contributed by atoms with Gasteiger partial charge in [-0.2, -0.15) is 0 Å². The summed E-state index contributed by atoms with van der Waals surface area (Å²) in [5.41, 5.74) is 0.674. The Kier molecular flexibility index (Phi) is 6.37. The normalized spacial score (nSPS) is 19.0. The van der Waals surface area contributed by atoms with Crippen molar-refractivity contribution in [2.75, 3.05) is 19.6 Å². The number of hydrogen-bond acceptors (Lipinski definition) is 5. The zero-order valence-electron chi connectivity index (χ0n) is 17.2. The molecular formula is C22H27ClN4O3. The third-order valence-corrected chi connectivity index (χ3v) is 6.04. The standard InChI is InChI=1S/C22H27ClN4O3/c1-2-11-26(14-19-24-25-20(30-19)17-7-3-4-8-18(17)23)22(29)16-6-5-12-27(13-16)21(28)15-9-10-15/h3-4,7-8,15-16H,2,5-6,9-14H2,1H3. The maximum Gasteiger partial charge on any atom is 0.249 e. The highest BCUT2D eigenvalue weighted by Crippen LogP contribution is 2.33. The van der Waals surface area contributed by atoms with Crippen molar-refractivity contribution in [1.82, 2.24) is 20.0 Å².